The summed E-state index contributed by atoms with van der Waals surface area (Å²) in [7, 11) is 0. The molecule has 3 N–H and O–H groups in total. The zero-order valence-electron chi connectivity index (χ0n) is 14.8. The lowest BCUT2D eigenvalue weighted by Gasteiger charge is -2.10. The molecule has 0 bridgehead atoms. The minimum Gasteiger partial charge on any atom is -0.368 e. The molecular formula is C18H21N7O. The van der Waals surface area contributed by atoms with E-state index in [-0.39, 0.29) is 17.9 Å². The van der Waals surface area contributed by atoms with Gasteiger partial charge in [-0.05, 0) is 31.5 Å². The van der Waals surface area contributed by atoms with Crippen molar-refractivity contribution in [2.24, 2.45) is 0 Å². The maximum atomic E-state index is 12.4. The lowest BCUT2D eigenvalue weighted by molar-refractivity contribution is 0.0954. The minimum absolute atomic E-state index is 0.140. The summed E-state index contributed by atoms with van der Waals surface area (Å²) in [5.74, 6) is 0.934. The van der Waals surface area contributed by atoms with E-state index in [4.69, 9.17) is 5.73 Å². The van der Waals surface area contributed by atoms with E-state index in [0.29, 0.717) is 18.5 Å². The van der Waals surface area contributed by atoms with Crippen LogP contribution in [0.25, 0.3) is 11.1 Å². The van der Waals surface area contributed by atoms with Crippen LogP contribution in [0.1, 0.15) is 36.1 Å². The molecule has 2 aromatic heterocycles. The molecular weight excluding hydrogens is 330 g/mol. The molecule has 1 aromatic carbocycles. The third kappa shape index (κ3) is 4.02. The van der Waals surface area contributed by atoms with E-state index >= 15 is 0 Å². The number of hydrogen-bond acceptors (Lipinski definition) is 6. The second-order valence-corrected chi connectivity index (χ2v) is 6.16. The normalized spacial score (nSPS) is 10.9. The Morgan fingerprint density at radius 1 is 1.23 bits per heavy atom. The zero-order valence-corrected chi connectivity index (χ0v) is 14.8. The fraction of sp³-hybridized carbons (Fsp3) is 0.278. The van der Waals surface area contributed by atoms with Crippen LogP contribution in [0, 0.1) is 0 Å². The highest BCUT2D eigenvalue weighted by molar-refractivity contribution is 5.95. The third-order valence-corrected chi connectivity index (χ3v) is 3.97. The third-order valence-electron chi connectivity index (χ3n) is 3.97. The molecule has 0 aliphatic heterocycles. The highest BCUT2D eigenvalue weighted by Gasteiger charge is 2.10. The van der Waals surface area contributed by atoms with Crippen LogP contribution in [0.4, 0.5) is 5.95 Å². The van der Waals surface area contributed by atoms with Crippen LogP contribution >= 0.6 is 0 Å². The van der Waals surface area contributed by atoms with Crippen LogP contribution in [0.5, 0.6) is 0 Å². The monoisotopic (exact) mass is 351 g/mol. The number of nitrogens with one attached hydrogen (secondary N) is 1. The topological polar surface area (TPSA) is 112 Å². The van der Waals surface area contributed by atoms with Gasteiger partial charge in [0.2, 0.25) is 5.95 Å². The number of carbonyl (C=O) groups is 1. The van der Waals surface area contributed by atoms with E-state index in [1.54, 1.807) is 30.9 Å². The molecule has 0 fully saturated rings. The van der Waals surface area contributed by atoms with Gasteiger partial charge in [-0.3, -0.25) is 4.79 Å². The van der Waals surface area contributed by atoms with E-state index < -0.39 is 0 Å². The average Bonchev–Trinajstić information content (AvgIpc) is 3.11. The Bertz CT molecular complexity index is 887. The van der Waals surface area contributed by atoms with Crippen LogP contribution in [-0.2, 0) is 6.42 Å². The SMILES string of the molecule is CC(C)n1cnnc1CCNC(=O)c1cccc(-c2cnc(N)nc2)c1. The number of nitrogens with two attached hydrogens (primary N) is 1. The van der Waals surface area contributed by atoms with Gasteiger partial charge in [0.15, 0.2) is 0 Å². The number of hydrogen-bond donors (Lipinski definition) is 2. The molecule has 0 spiro atoms. The second-order valence-electron chi connectivity index (χ2n) is 6.16. The molecule has 134 valence electrons. The molecule has 3 aromatic rings. The summed E-state index contributed by atoms with van der Waals surface area (Å²) < 4.78 is 1.99. The van der Waals surface area contributed by atoms with Crippen molar-refractivity contribution in [1.29, 1.82) is 0 Å². The molecule has 8 heteroatoms. The molecule has 26 heavy (non-hydrogen) atoms. The summed E-state index contributed by atoms with van der Waals surface area (Å²) in [6.07, 6.45) is 5.60. The van der Waals surface area contributed by atoms with Gasteiger partial charge in [0.1, 0.15) is 12.2 Å². The minimum atomic E-state index is -0.140. The van der Waals surface area contributed by atoms with Crippen molar-refractivity contribution < 1.29 is 4.79 Å². The molecule has 0 radical (unpaired) electrons. The molecule has 0 unspecified atom stereocenters. The first-order chi connectivity index (χ1) is 12.5. The van der Waals surface area contributed by atoms with E-state index in [0.717, 1.165) is 17.0 Å². The smallest absolute Gasteiger partial charge is 0.251 e. The standard InChI is InChI=1S/C18H21N7O/c1-12(2)25-11-23-24-16(25)6-7-20-17(26)14-5-3-4-13(8-14)15-9-21-18(19)22-10-15/h3-5,8-12H,6-7H2,1-2H3,(H,20,26)(H2,19,21,22). The number of amides is 1. The van der Waals surface area contributed by atoms with Gasteiger partial charge >= 0.3 is 0 Å². The first-order valence-electron chi connectivity index (χ1n) is 8.39. The van der Waals surface area contributed by atoms with Gasteiger partial charge in [-0.1, -0.05) is 12.1 Å². The first-order valence-corrected chi connectivity index (χ1v) is 8.39. The van der Waals surface area contributed by atoms with E-state index in [9.17, 15) is 4.79 Å². The summed E-state index contributed by atoms with van der Waals surface area (Å²) in [6.45, 7) is 4.62. The largest absolute Gasteiger partial charge is 0.368 e. The van der Waals surface area contributed by atoms with Gasteiger partial charge < -0.3 is 15.6 Å². The van der Waals surface area contributed by atoms with Crippen molar-refractivity contribution in [3.05, 3.63) is 54.4 Å². The molecule has 1 amide bonds. The first kappa shape index (κ1) is 17.5. The van der Waals surface area contributed by atoms with Crippen LogP contribution in [0.2, 0.25) is 0 Å². The Morgan fingerprint density at radius 3 is 2.73 bits per heavy atom. The summed E-state index contributed by atoms with van der Waals surface area (Å²) >= 11 is 0. The molecule has 2 heterocycles. The average molecular weight is 351 g/mol. The van der Waals surface area contributed by atoms with Crippen molar-refractivity contribution in [2.45, 2.75) is 26.3 Å². The Morgan fingerprint density at radius 2 is 2.00 bits per heavy atom. The number of rotatable bonds is 6. The zero-order chi connectivity index (χ0) is 18.5. The number of nitrogens with zero attached hydrogens (tertiary/aromatic N) is 5. The van der Waals surface area contributed by atoms with Gasteiger partial charge in [-0.2, -0.15) is 0 Å². The Balaban J connectivity index is 1.64. The summed E-state index contributed by atoms with van der Waals surface area (Å²) in [6, 6.07) is 7.59. The van der Waals surface area contributed by atoms with Crippen LogP contribution < -0.4 is 11.1 Å². The Kier molecular flexibility index (Phi) is 5.21. The number of anilines is 1. The predicted molar refractivity (Wildman–Crippen MR) is 98.3 cm³/mol. The summed E-state index contributed by atoms with van der Waals surface area (Å²) in [5, 5.41) is 11.0. The van der Waals surface area contributed by atoms with Crippen LogP contribution in [0.3, 0.4) is 0 Å². The molecule has 0 saturated carbocycles. The Labute approximate surface area is 151 Å². The number of carbonyl (C=O) groups excluding carboxylic acids is 1. The summed E-state index contributed by atoms with van der Waals surface area (Å²) in [4.78, 5) is 20.4. The maximum Gasteiger partial charge on any atom is 0.251 e. The van der Waals surface area contributed by atoms with E-state index in [1.807, 2.05) is 16.7 Å². The van der Waals surface area contributed by atoms with E-state index in [1.165, 1.54) is 0 Å². The molecule has 8 nitrogen and oxygen atoms in total. The lowest BCUT2D eigenvalue weighted by Crippen LogP contribution is -2.26. The highest BCUT2D eigenvalue weighted by Crippen LogP contribution is 2.19. The molecule has 0 aliphatic rings. The number of benzene rings is 1. The highest BCUT2D eigenvalue weighted by atomic mass is 16.1. The van der Waals surface area contributed by atoms with Gasteiger partial charge in [0.05, 0.1) is 0 Å². The maximum absolute atomic E-state index is 12.4. The van der Waals surface area contributed by atoms with Crippen molar-refractivity contribution in [3.8, 4) is 11.1 Å². The van der Waals surface area contributed by atoms with Crippen LogP contribution in [-0.4, -0.2) is 37.2 Å². The van der Waals surface area contributed by atoms with Crippen molar-refractivity contribution >= 4 is 11.9 Å². The molecule has 0 saturated heterocycles. The van der Waals surface area contributed by atoms with E-state index in [2.05, 4.69) is 39.3 Å². The molecule has 0 aliphatic carbocycles. The lowest BCUT2D eigenvalue weighted by atomic mass is 10.1. The quantitative estimate of drug-likeness (QED) is 0.701. The fourth-order valence-corrected chi connectivity index (χ4v) is 2.59. The number of aromatic nitrogens is 5. The van der Waals surface area contributed by atoms with Crippen molar-refractivity contribution in [2.75, 3.05) is 12.3 Å². The van der Waals surface area contributed by atoms with Crippen LogP contribution in [0.15, 0.2) is 43.0 Å². The van der Waals surface area contributed by atoms with Gasteiger partial charge in [0, 0.05) is 42.5 Å². The van der Waals surface area contributed by atoms with Gasteiger partial charge in [0.25, 0.3) is 5.91 Å². The fourth-order valence-electron chi connectivity index (χ4n) is 2.59. The predicted octanol–water partition coefficient (Wildman–Crippen LogP) is 1.87. The van der Waals surface area contributed by atoms with Gasteiger partial charge in [-0.25, -0.2) is 9.97 Å². The van der Waals surface area contributed by atoms with Crippen molar-refractivity contribution in [3.63, 3.8) is 0 Å². The second kappa shape index (κ2) is 7.73. The number of nitrogen functional groups attached to an aromatic ring is 1. The van der Waals surface area contributed by atoms with Gasteiger partial charge in [-0.15, -0.1) is 10.2 Å². The summed E-state index contributed by atoms with van der Waals surface area (Å²) in [5.41, 5.74) is 7.75. The Hall–Kier alpha value is -3.29. The van der Waals surface area contributed by atoms with Crippen molar-refractivity contribution in [1.82, 2.24) is 30.0 Å². The molecule has 0 atom stereocenters. The molecule has 3 rings (SSSR count).